The monoisotopic (exact) mass is 401 g/mol. The quantitative estimate of drug-likeness (QED) is 0.615. The van der Waals surface area contributed by atoms with Crippen LogP contribution in [-0.2, 0) is 4.79 Å². The van der Waals surface area contributed by atoms with Gasteiger partial charge < -0.3 is 0 Å². The Balaban J connectivity index is 1.33. The van der Waals surface area contributed by atoms with Crippen LogP contribution in [0.15, 0.2) is 0 Å². The zero-order chi connectivity index (χ0) is 19.0. The predicted octanol–water partition coefficient (Wildman–Crippen LogP) is 1.07. The van der Waals surface area contributed by atoms with E-state index in [4.69, 9.17) is 11.6 Å². The first-order valence-corrected chi connectivity index (χ1v) is 11.0. The summed E-state index contributed by atoms with van der Waals surface area (Å²) >= 11 is 6.36. The average Bonchev–Trinajstić information content (AvgIpc) is 3.07. The molecule has 3 saturated heterocycles. The largest absolute Gasteiger partial charge is 0.299 e. The smallest absolute Gasteiger partial charge is 0.253 e. The topological polar surface area (TPSA) is 59.6 Å². The van der Waals surface area contributed by atoms with Gasteiger partial charge in [0.2, 0.25) is 0 Å². The first kappa shape index (κ1) is 19.8. The number of fused-ring (bicyclic) bond motifs is 1. The average molecular weight is 402 g/mol. The van der Waals surface area contributed by atoms with Gasteiger partial charge in [-0.1, -0.05) is 13.3 Å². The van der Waals surface area contributed by atoms with Gasteiger partial charge in [0.15, 0.2) is 0 Å². The van der Waals surface area contributed by atoms with Gasteiger partial charge in [0, 0.05) is 51.0 Å². The molecule has 7 unspecified atom stereocenters. The third-order valence-electron chi connectivity index (χ3n) is 7.28. The molecule has 0 aromatic carbocycles. The Morgan fingerprint density at radius 3 is 2.89 bits per heavy atom. The van der Waals surface area contributed by atoms with Crippen molar-refractivity contribution in [1.82, 2.24) is 26.0 Å². The van der Waals surface area contributed by atoms with Gasteiger partial charge in [-0.25, -0.2) is 9.82 Å². The molecule has 4 rings (SSSR count). The third kappa shape index (κ3) is 4.13. The zero-order valence-corrected chi connectivity index (χ0v) is 16.9. The number of hydrazine groups is 1. The molecule has 6 nitrogen and oxygen atoms in total. The summed E-state index contributed by atoms with van der Waals surface area (Å²) in [6.45, 7) is 6.80. The van der Waals surface area contributed by atoms with Crippen LogP contribution in [-0.4, -0.2) is 78.2 Å². The molecule has 0 radical (unpaired) electrons. The number of likely N-dealkylation sites (tertiary alicyclic amines) is 1. The van der Waals surface area contributed by atoms with Crippen LogP contribution in [0.25, 0.3) is 0 Å². The molecule has 4 aliphatic rings. The molecule has 3 aliphatic heterocycles. The molecule has 0 aromatic rings. The summed E-state index contributed by atoms with van der Waals surface area (Å²) in [4.78, 5) is 16.8. The van der Waals surface area contributed by atoms with Crippen LogP contribution in [0.2, 0.25) is 0 Å². The van der Waals surface area contributed by atoms with E-state index < -0.39 is 11.5 Å². The van der Waals surface area contributed by atoms with E-state index in [0.717, 1.165) is 58.4 Å². The van der Waals surface area contributed by atoms with Gasteiger partial charge in [-0.15, -0.1) is 11.6 Å². The van der Waals surface area contributed by atoms with Gasteiger partial charge in [-0.3, -0.25) is 25.3 Å². The van der Waals surface area contributed by atoms with Crippen molar-refractivity contribution < 1.29 is 9.18 Å². The first-order chi connectivity index (χ1) is 13.1. The highest BCUT2D eigenvalue weighted by Crippen LogP contribution is 2.36. The van der Waals surface area contributed by atoms with E-state index >= 15 is 0 Å². The molecule has 4 fully saturated rings. The Hall–Kier alpha value is -0.470. The van der Waals surface area contributed by atoms with Crippen molar-refractivity contribution in [3.8, 4) is 0 Å². The fourth-order valence-corrected chi connectivity index (χ4v) is 5.97. The van der Waals surface area contributed by atoms with Crippen LogP contribution >= 0.6 is 11.6 Å². The van der Waals surface area contributed by atoms with Crippen molar-refractivity contribution in [1.29, 1.82) is 0 Å². The van der Waals surface area contributed by atoms with Crippen molar-refractivity contribution in [3.05, 3.63) is 0 Å². The lowest BCUT2D eigenvalue weighted by Gasteiger charge is -2.44. The molecule has 3 heterocycles. The molecule has 1 amide bonds. The van der Waals surface area contributed by atoms with Gasteiger partial charge in [0.05, 0.1) is 0 Å². The zero-order valence-electron chi connectivity index (χ0n) is 16.2. The van der Waals surface area contributed by atoms with E-state index in [1.54, 1.807) is 0 Å². The number of carbonyl (C=O) groups is 1. The van der Waals surface area contributed by atoms with Crippen molar-refractivity contribution in [2.24, 2.45) is 11.8 Å². The summed E-state index contributed by atoms with van der Waals surface area (Å²) in [7, 11) is 0. The second-order valence-electron chi connectivity index (χ2n) is 8.77. The number of nitrogens with one attached hydrogen (secondary N) is 3. The summed E-state index contributed by atoms with van der Waals surface area (Å²) in [5, 5.41) is 3.18. The Morgan fingerprint density at radius 1 is 1.22 bits per heavy atom. The summed E-state index contributed by atoms with van der Waals surface area (Å²) < 4.78 is 13.8. The molecule has 1 aliphatic carbocycles. The molecule has 7 atom stereocenters. The lowest BCUT2D eigenvalue weighted by molar-refractivity contribution is -0.125. The molecule has 1 saturated carbocycles. The number of hydrogen-bond acceptors (Lipinski definition) is 5. The Kier molecular flexibility index (Phi) is 6.24. The molecule has 0 spiro atoms. The van der Waals surface area contributed by atoms with Gasteiger partial charge in [-0.2, -0.15) is 0 Å². The number of hydrogen-bond donors (Lipinski definition) is 3. The van der Waals surface area contributed by atoms with E-state index in [-0.39, 0.29) is 11.9 Å². The Morgan fingerprint density at radius 2 is 2.07 bits per heavy atom. The fourth-order valence-electron chi connectivity index (χ4n) is 5.67. The minimum absolute atomic E-state index is 0.0431. The van der Waals surface area contributed by atoms with Crippen LogP contribution in [0.1, 0.15) is 39.0 Å². The number of nitrogens with zero attached hydrogens (tertiary/aromatic N) is 2. The van der Waals surface area contributed by atoms with Crippen LogP contribution in [0.4, 0.5) is 4.39 Å². The van der Waals surface area contributed by atoms with Gasteiger partial charge >= 0.3 is 0 Å². The number of halogens is 2. The van der Waals surface area contributed by atoms with Gasteiger partial charge in [-0.05, 0) is 37.5 Å². The van der Waals surface area contributed by atoms with Gasteiger partial charge in [0.25, 0.3) is 5.91 Å². The maximum absolute atomic E-state index is 13.8. The van der Waals surface area contributed by atoms with Crippen molar-refractivity contribution in [3.63, 3.8) is 0 Å². The molecular weight excluding hydrogens is 369 g/mol. The van der Waals surface area contributed by atoms with Gasteiger partial charge in [0.1, 0.15) is 11.5 Å². The van der Waals surface area contributed by atoms with Crippen molar-refractivity contribution in [2.45, 2.75) is 68.7 Å². The van der Waals surface area contributed by atoms with Crippen LogP contribution < -0.4 is 16.2 Å². The normalized spacial score (nSPS) is 44.1. The Labute approximate surface area is 166 Å². The van der Waals surface area contributed by atoms with Crippen molar-refractivity contribution >= 4 is 17.5 Å². The second kappa shape index (κ2) is 8.49. The maximum Gasteiger partial charge on any atom is 0.253 e. The Bertz CT molecular complexity index is 540. The van der Waals surface area contributed by atoms with Crippen LogP contribution in [0.5, 0.6) is 0 Å². The molecule has 0 aromatic heterocycles. The molecule has 3 N–H and O–H groups in total. The standard InChI is InChI=1S/C19H33ClFN5O/c1-2-12-7-14(21)4-3-13(12)9-26-11-22-15-10-25(6-5-16(15)26)17-8-23-24-19(27)18(17)20/h12-18,22-23H,2-11H2,1H3,(H,24,27). The molecule has 27 heavy (non-hydrogen) atoms. The molecule has 154 valence electrons. The SMILES string of the molecule is CCC1CC(F)CCC1CN1CNC2CN(C3CNNC(=O)C3Cl)CCC21. The molecule has 0 bridgehead atoms. The van der Waals surface area contributed by atoms with Crippen molar-refractivity contribution in [2.75, 3.05) is 32.8 Å². The lowest BCUT2D eigenvalue weighted by Crippen LogP contribution is -2.65. The van der Waals surface area contributed by atoms with E-state index in [2.05, 4.69) is 32.9 Å². The lowest BCUT2D eigenvalue weighted by atomic mass is 9.76. The minimum atomic E-state index is -0.594. The summed E-state index contributed by atoms with van der Waals surface area (Å²) in [6, 6.07) is 1.01. The highest BCUT2D eigenvalue weighted by Gasteiger charge is 2.44. The summed E-state index contributed by atoms with van der Waals surface area (Å²) in [5.74, 6) is 1.01. The van der Waals surface area contributed by atoms with E-state index in [0.29, 0.717) is 30.5 Å². The van der Waals surface area contributed by atoms with E-state index in [1.165, 1.54) is 0 Å². The number of rotatable bonds is 4. The number of amides is 1. The third-order valence-corrected chi connectivity index (χ3v) is 7.77. The summed E-state index contributed by atoms with van der Waals surface area (Å²) in [6.07, 6.45) is 4.09. The molecule has 8 heteroatoms. The summed E-state index contributed by atoms with van der Waals surface area (Å²) in [5.41, 5.74) is 5.58. The fraction of sp³-hybridized carbons (Fsp3) is 0.947. The number of carbonyl (C=O) groups excluding carboxylic acids is 1. The van der Waals surface area contributed by atoms with Crippen LogP contribution in [0, 0.1) is 11.8 Å². The van der Waals surface area contributed by atoms with E-state index in [9.17, 15) is 9.18 Å². The van der Waals surface area contributed by atoms with E-state index in [1.807, 2.05) is 0 Å². The first-order valence-electron chi connectivity index (χ1n) is 10.6. The maximum atomic E-state index is 13.8. The number of alkyl halides is 2. The highest BCUT2D eigenvalue weighted by molar-refractivity contribution is 6.31. The highest BCUT2D eigenvalue weighted by atomic mass is 35.5. The predicted molar refractivity (Wildman–Crippen MR) is 104 cm³/mol. The number of piperidine rings is 1. The van der Waals surface area contributed by atoms with Crippen LogP contribution in [0.3, 0.4) is 0 Å². The minimum Gasteiger partial charge on any atom is -0.299 e. The molecular formula is C19H33ClFN5O. The second-order valence-corrected chi connectivity index (χ2v) is 9.24.